The van der Waals surface area contributed by atoms with E-state index in [1.54, 1.807) is 0 Å². The Balaban J connectivity index is 1.79. The summed E-state index contributed by atoms with van der Waals surface area (Å²) in [5.41, 5.74) is 0.563. The molecular formula is C13H19Br2NS. The first kappa shape index (κ1) is 14.0. The van der Waals surface area contributed by atoms with Crippen LogP contribution >= 0.6 is 43.2 Å². The topological polar surface area (TPSA) is 12.0 Å². The minimum absolute atomic E-state index is 0.563. The lowest BCUT2D eigenvalue weighted by Gasteiger charge is -2.34. The fraction of sp³-hybridized carbons (Fsp3) is 0.692. The van der Waals surface area contributed by atoms with Gasteiger partial charge in [0.15, 0.2) is 0 Å². The van der Waals surface area contributed by atoms with Gasteiger partial charge in [0, 0.05) is 21.9 Å². The van der Waals surface area contributed by atoms with E-state index in [1.165, 1.54) is 38.8 Å². The van der Waals surface area contributed by atoms with Crippen molar-refractivity contribution in [3.8, 4) is 0 Å². The molecule has 0 bridgehead atoms. The quantitative estimate of drug-likeness (QED) is 0.746. The second kappa shape index (κ2) is 5.72. The zero-order valence-electron chi connectivity index (χ0n) is 10.4. The molecule has 1 nitrogen and oxygen atoms in total. The maximum absolute atomic E-state index is 3.68. The third kappa shape index (κ3) is 4.05. The number of rotatable bonds is 3. The number of thiophene rings is 1. The van der Waals surface area contributed by atoms with Gasteiger partial charge in [-0.15, -0.1) is 11.3 Å². The Bertz CT molecular complexity index is 357. The molecule has 1 aromatic rings. The van der Waals surface area contributed by atoms with Crippen LogP contribution in [0.1, 0.15) is 44.4 Å². The van der Waals surface area contributed by atoms with Crippen molar-refractivity contribution < 1.29 is 0 Å². The lowest BCUT2D eigenvalue weighted by atomic mass is 9.75. The Hall–Kier alpha value is 0.620. The summed E-state index contributed by atoms with van der Waals surface area (Å²) in [4.78, 5) is 1.40. The van der Waals surface area contributed by atoms with Crippen LogP contribution in [0.25, 0.3) is 0 Å². The lowest BCUT2D eigenvalue weighted by molar-refractivity contribution is 0.206. The molecule has 2 rings (SSSR count). The van der Waals surface area contributed by atoms with E-state index in [2.05, 4.69) is 57.1 Å². The monoisotopic (exact) mass is 379 g/mol. The van der Waals surface area contributed by atoms with E-state index in [9.17, 15) is 0 Å². The third-order valence-corrected chi connectivity index (χ3v) is 6.86. The summed E-state index contributed by atoms with van der Waals surface area (Å²) in [5.74, 6) is 0. The van der Waals surface area contributed by atoms with Gasteiger partial charge in [0.05, 0.1) is 3.79 Å². The Morgan fingerprint density at radius 2 is 2.00 bits per heavy atom. The maximum Gasteiger partial charge on any atom is 0.0843 e. The van der Waals surface area contributed by atoms with Crippen molar-refractivity contribution in [1.29, 1.82) is 0 Å². The SMILES string of the molecule is CC1(C)CCC(NCc2cc(Br)c(Br)s2)CC1. The van der Waals surface area contributed by atoms with E-state index in [0.29, 0.717) is 11.5 Å². The number of halogens is 2. The molecule has 96 valence electrons. The fourth-order valence-corrected chi connectivity index (χ4v) is 4.45. The summed E-state index contributed by atoms with van der Waals surface area (Å²) < 4.78 is 2.36. The highest BCUT2D eigenvalue weighted by Crippen LogP contribution is 2.36. The minimum atomic E-state index is 0.563. The van der Waals surface area contributed by atoms with Crippen LogP contribution in [-0.4, -0.2) is 6.04 Å². The predicted molar refractivity (Wildman–Crippen MR) is 82.6 cm³/mol. The van der Waals surface area contributed by atoms with Crippen LogP contribution in [0.3, 0.4) is 0 Å². The molecule has 17 heavy (non-hydrogen) atoms. The van der Waals surface area contributed by atoms with E-state index in [1.807, 2.05) is 11.3 Å². The van der Waals surface area contributed by atoms with Gasteiger partial charge in [-0.1, -0.05) is 13.8 Å². The third-order valence-electron chi connectivity index (χ3n) is 3.60. The summed E-state index contributed by atoms with van der Waals surface area (Å²) >= 11 is 8.88. The first-order valence-corrected chi connectivity index (χ1v) is 8.54. The summed E-state index contributed by atoms with van der Waals surface area (Å²) in [7, 11) is 0. The van der Waals surface area contributed by atoms with Crippen molar-refractivity contribution in [2.75, 3.05) is 0 Å². The molecule has 4 heteroatoms. The molecule has 1 aliphatic rings. The van der Waals surface area contributed by atoms with E-state index < -0.39 is 0 Å². The van der Waals surface area contributed by atoms with Crippen molar-refractivity contribution in [2.24, 2.45) is 5.41 Å². The molecule has 0 aromatic carbocycles. The van der Waals surface area contributed by atoms with Gasteiger partial charge in [-0.25, -0.2) is 0 Å². The molecule has 0 spiro atoms. The van der Waals surface area contributed by atoms with Crippen molar-refractivity contribution in [3.05, 3.63) is 19.2 Å². The number of hydrogen-bond acceptors (Lipinski definition) is 2. The second-order valence-corrected chi connectivity index (χ2v) is 8.96. The van der Waals surface area contributed by atoms with Crippen LogP contribution in [-0.2, 0) is 6.54 Å². The highest BCUT2D eigenvalue weighted by molar-refractivity contribution is 9.13. The largest absolute Gasteiger partial charge is 0.309 e. The smallest absolute Gasteiger partial charge is 0.0843 e. The molecule has 0 unspecified atom stereocenters. The molecule has 0 saturated heterocycles. The zero-order chi connectivity index (χ0) is 12.5. The molecule has 0 amide bonds. The van der Waals surface area contributed by atoms with E-state index >= 15 is 0 Å². The van der Waals surface area contributed by atoms with Crippen molar-refractivity contribution in [2.45, 2.75) is 52.1 Å². The number of nitrogens with one attached hydrogen (secondary N) is 1. The lowest BCUT2D eigenvalue weighted by Crippen LogP contribution is -2.34. The fourth-order valence-electron chi connectivity index (χ4n) is 2.33. The van der Waals surface area contributed by atoms with Gasteiger partial charge in [-0.05, 0) is 69.0 Å². The first-order chi connectivity index (χ1) is 7.96. The van der Waals surface area contributed by atoms with Crippen LogP contribution in [0.4, 0.5) is 0 Å². The molecular weight excluding hydrogens is 362 g/mol. The van der Waals surface area contributed by atoms with Gasteiger partial charge in [0.2, 0.25) is 0 Å². The van der Waals surface area contributed by atoms with Crippen LogP contribution in [0.15, 0.2) is 14.3 Å². The Morgan fingerprint density at radius 1 is 1.35 bits per heavy atom. The second-order valence-electron chi connectivity index (χ2n) is 5.65. The highest BCUT2D eigenvalue weighted by atomic mass is 79.9. The summed E-state index contributed by atoms with van der Waals surface area (Å²) in [5, 5.41) is 3.68. The van der Waals surface area contributed by atoms with Crippen LogP contribution in [0.2, 0.25) is 0 Å². The maximum atomic E-state index is 3.68. The van der Waals surface area contributed by atoms with Crippen LogP contribution < -0.4 is 5.32 Å². The van der Waals surface area contributed by atoms with Crippen molar-refractivity contribution >= 4 is 43.2 Å². The molecule has 1 heterocycles. The Labute approximate surface area is 125 Å². The van der Waals surface area contributed by atoms with Crippen molar-refractivity contribution in [3.63, 3.8) is 0 Å². The molecule has 1 aromatic heterocycles. The van der Waals surface area contributed by atoms with E-state index in [-0.39, 0.29) is 0 Å². The minimum Gasteiger partial charge on any atom is -0.309 e. The van der Waals surface area contributed by atoms with Crippen LogP contribution in [0.5, 0.6) is 0 Å². The standard InChI is InChI=1S/C13H19Br2NS/c1-13(2)5-3-9(4-6-13)16-8-10-7-11(14)12(15)17-10/h7,9,16H,3-6,8H2,1-2H3. The van der Waals surface area contributed by atoms with E-state index in [0.717, 1.165) is 6.54 Å². The molecule has 0 aliphatic heterocycles. The molecule has 0 radical (unpaired) electrons. The Kier molecular flexibility index (Phi) is 4.73. The molecule has 1 N–H and O–H groups in total. The summed E-state index contributed by atoms with van der Waals surface area (Å²) in [6.07, 6.45) is 5.34. The Morgan fingerprint density at radius 3 is 2.53 bits per heavy atom. The molecule has 1 saturated carbocycles. The summed E-state index contributed by atoms with van der Waals surface area (Å²) in [6, 6.07) is 2.91. The molecule has 1 fully saturated rings. The average Bonchev–Trinajstić information content (AvgIpc) is 2.57. The zero-order valence-corrected chi connectivity index (χ0v) is 14.3. The molecule has 0 atom stereocenters. The normalized spacial score (nSPS) is 20.7. The van der Waals surface area contributed by atoms with Gasteiger partial charge in [0.25, 0.3) is 0 Å². The highest BCUT2D eigenvalue weighted by Gasteiger charge is 2.26. The number of hydrogen-bond donors (Lipinski definition) is 1. The van der Waals surface area contributed by atoms with Gasteiger partial charge >= 0.3 is 0 Å². The van der Waals surface area contributed by atoms with Crippen LogP contribution in [0, 0.1) is 5.41 Å². The van der Waals surface area contributed by atoms with Gasteiger partial charge in [0.1, 0.15) is 0 Å². The van der Waals surface area contributed by atoms with Gasteiger partial charge in [-0.2, -0.15) is 0 Å². The predicted octanol–water partition coefficient (Wildman–Crippen LogP) is 5.33. The first-order valence-electron chi connectivity index (χ1n) is 6.13. The summed E-state index contributed by atoms with van der Waals surface area (Å²) in [6.45, 7) is 5.77. The van der Waals surface area contributed by atoms with Crippen molar-refractivity contribution in [1.82, 2.24) is 5.32 Å². The van der Waals surface area contributed by atoms with Gasteiger partial charge in [-0.3, -0.25) is 0 Å². The van der Waals surface area contributed by atoms with E-state index in [4.69, 9.17) is 0 Å². The van der Waals surface area contributed by atoms with Gasteiger partial charge < -0.3 is 5.32 Å². The average molecular weight is 381 g/mol. The molecule has 1 aliphatic carbocycles.